The highest BCUT2D eigenvalue weighted by molar-refractivity contribution is 14.1. The highest BCUT2D eigenvalue weighted by Crippen LogP contribution is 2.27. The van der Waals surface area contributed by atoms with Gasteiger partial charge in [0.25, 0.3) is 5.69 Å². The molecule has 0 heterocycles. The van der Waals surface area contributed by atoms with Gasteiger partial charge in [0.2, 0.25) is 0 Å². The van der Waals surface area contributed by atoms with Crippen LogP contribution in [0.4, 0.5) is 15.8 Å². The predicted molar refractivity (Wildman–Crippen MR) is 84.6 cm³/mol. The van der Waals surface area contributed by atoms with Crippen molar-refractivity contribution in [2.24, 2.45) is 0 Å². The average Bonchev–Trinajstić information content (AvgIpc) is 2.41. The molecule has 0 spiro atoms. The van der Waals surface area contributed by atoms with E-state index in [0.717, 1.165) is 9.13 Å². The molecule has 0 saturated heterocycles. The van der Waals surface area contributed by atoms with Crippen LogP contribution < -0.4 is 5.32 Å². The summed E-state index contributed by atoms with van der Waals surface area (Å²) in [4.78, 5) is 10.5. The Morgan fingerprint density at radius 3 is 2.70 bits per heavy atom. The largest absolute Gasteiger partial charge is 0.375 e. The van der Waals surface area contributed by atoms with E-state index in [4.69, 9.17) is 11.6 Å². The third-order valence-electron chi connectivity index (χ3n) is 2.62. The number of hydrogen-bond donors (Lipinski definition) is 1. The zero-order valence-electron chi connectivity index (χ0n) is 10.1. The van der Waals surface area contributed by atoms with Crippen molar-refractivity contribution in [3.05, 3.63) is 66.5 Å². The van der Waals surface area contributed by atoms with Gasteiger partial charge in [0, 0.05) is 16.2 Å². The van der Waals surface area contributed by atoms with Crippen molar-refractivity contribution < 1.29 is 9.31 Å². The number of hydrogen-bond acceptors (Lipinski definition) is 3. The summed E-state index contributed by atoms with van der Waals surface area (Å²) in [5, 5.41) is 14.0. The normalized spacial score (nSPS) is 10.3. The number of rotatable bonds is 4. The lowest BCUT2D eigenvalue weighted by atomic mass is 10.2. The van der Waals surface area contributed by atoms with Crippen LogP contribution in [-0.2, 0) is 6.54 Å². The fourth-order valence-corrected chi connectivity index (χ4v) is 2.33. The van der Waals surface area contributed by atoms with E-state index < -0.39 is 10.7 Å². The molecule has 0 amide bonds. The first kappa shape index (κ1) is 15.0. The summed E-state index contributed by atoms with van der Waals surface area (Å²) in [6, 6.07) is 9.23. The van der Waals surface area contributed by atoms with Crippen LogP contribution >= 0.6 is 34.2 Å². The van der Waals surface area contributed by atoms with Gasteiger partial charge in [0.05, 0.1) is 9.95 Å². The molecule has 0 unspecified atom stereocenters. The van der Waals surface area contributed by atoms with Gasteiger partial charge in [-0.05, 0) is 52.4 Å². The smallest absolute Gasteiger partial charge is 0.293 e. The molecule has 1 N–H and O–H groups in total. The lowest BCUT2D eigenvalue weighted by Crippen LogP contribution is -2.03. The van der Waals surface area contributed by atoms with Gasteiger partial charge in [-0.1, -0.05) is 17.7 Å². The minimum Gasteiger partial charge on any atom is -0.375 e. The Morgan fingerprint density at radius 1 is 1.30 bits per heavy atom. The van der Waals surface area contributed by atoms with E-state index in [9.17, 15) is 14.5 Å². The maximum absolute atomic E-state index is 13.0. The molecule has 2 rings (SSSR count). The number of nitro benzene ring substituents is 1. The zero-order valence-corrected chi connectivity index (χ0v) is 13.0. The second kappa shape index (κ2) is 6.36. The van der Waals surface area contributed by atoms with Gasteiger partial charge >= 0.3 is 0 Å². The molecule has 20 heavy (non-hydrogen) atoms. The molecule has 0 aliphatic heterocycles. The van der Waals surface area contributed by atoms with Gasteiger partial charge in [-0.25, -0.2) is 4.39 Å². The Hall–Kier alpha value is -1.41. The molecular formula is C13H9ClFIN2O2. The number of nitrogens with one attached hydrogen (secondary N) is 1. The molecule has 104 valence electrons. The summed E-state index contributed by atoms with van der Waals surface area (Å²) >= 11 is 7.70. The summed E-state index contributed by atoms with van der Waals surface area (Å²) in [6.07, 6.45) is 0. The van der Waals surface area contributed by atoms with Crippen molar-refractivity contribution in [3.63, 3.8) is 0 Å². The Kier molecular flexibility index (Phi) is 4.77. The number of nitro groups is 1. The highest BCUT2D eigenvalue weighted by Gasteiger charge is 2.13. The SMILES string of the molecule is O=[N+]([O-])c1cc(I)ccc1NCc1ccc(F)c(Cl)c1. The molecule has 0 aliphatic rings. The quantitative estimate of drug-likeness (QED) is 0.458. The molecule has 2 aromatic carbocycles. The lowest BCUT2D eigenvalue weighted by molar-refractivity contribution is -0.384. The minimum atomic E-state index is -0.490. The topological polar surface area (TPSA) is 55.2 Å². The average molecular weight is 407 g/mol. The molecule has 0 aromatic heterocycles. The van der Waals surface area contributed by atoms with E-state index in [-0.39, 0.29) is 10.7 Å². The predicted octanol–water partition coefficient (Wildman–Crippen LogP) is 4.60. The van der Waals surface area contributed by atoms with Crippen molar-refractivity contribution in [2.45, 2.75) is 6.54 Å². The summed E-state index contributed by atoms with van der Waals surface area (Å²) in [7, 11) is 0. The van der Waals surface area contributed by atoms with Gasteiger partial charge in [-0.2, -0.15) is 0 Å². The van der Waals surface area contributed by atoms with E-state index in [2.05, 4.69) is 5.32 Å². The fraction of sp³-hybridized carbons (Fsp3) is 0.0769. The molecule has 2 aromatic rings. The van der Waals surface area contributed by atoms with Crippen LogP contribution in [0.15, 0.2) is 36.4 Å². The first-order chi connectivity index (χ1) is 9.47. The standard InChI is InChI=1S/C13H9ClFIN2O2/c14-10-5-8(1-3-11(10)15)7-17-12-4-2-9(16)6-13(12)18(19)20/h1-6,17H,7H2. The first-order valence-corrected chi connectivity index (χ1v) is 7.05. The molecule has 0 fully saturated rings. The van der Waals surface area contributed by atoms with E-state index in [1.807, 2.05) is 22.6 Å². The second-order valence-electron chi connectivity index (χ2n) is 4.02. The summed E-state index contributed by atoms with van der Waals surface area (Å²) in [5.41, 5.74) is 1.16. The number of benzene rings is 2. The molecule has 0 bridgehead atoms. The summed E-state index contributed by atoms with van der Waals surface area (Å²) in [5.74, 6) is -0.490. The van der Waals surface area contributed by atoms with Crippen molar-refractivity contribution in [1.82, 2.24) is 0 Å². The Labute approximate surface area is 133 Å². The van der Waals surface area contributed by atoms with Gasteiger partial charge in [0.15, 0.2) is 0 Å². The summed E-state index contributed by atoms with van der Waals surface area (Å²) < 4.78 is 13.8. The van der Waals surface area contributed by atoms with Gasteiger partial charge in [0.1, 0.15) is 11.5 Å². The third kappa shape index (κ3) is 3.57. The third-order valence-corrected chi connectivity index (χ3v) is 3.58. The van der Waals surface area contributed by atoms with Gasteiger partial charge in [-0.3, -0.25) is 10.1 Å². The van der Waals surface area contributed by atoms with Crippen molar-refractivity contribution in [3.8, 4) is 0 Å². The molecule has 0 atom stereocenters. The Balaban J connectivity index is 2.18. The zero-order chi connectivity index (χ0) is 14.7. The molecule has 7 heteroatoms. The highest BCUT2D eigenvalue weighted by atomic mass is 127. The van der Waals surface area contributed by atoms with Crippen LogP contribution in [0.5, 0.6) is 0 Å². The van der Waals surface area contributed by atoms with Crippen LogP contribution in [0.3, 0.4) is 0 Å². The van der Waals surface area contributed by atoms with Crippen LogP contribution in [0, 0.1) is 19.5 Å². The fourth-order valence-electron chi connectivity index (χ4n) is 1.65. The van der Waals surface area contributed by atoms with E-state index >= 15 is 0 Å². The van der Waals surface area contributed by atoms with Crippen LogP contribution in [0.1, 0.15) is 5.56 Å². The monoisotopic (exact) mass is 406 g/mol. The number of anilines is 1. The van der Waals surface area contributed by atoms with E-state index in [1.165, 1.54) is 18.2 Å². The second-order valence-corrected chi connectivity index (χ2v) is 5.67. The van der Waals surface area contributed by atoms with E-state index in [1.54, 1.807) is 18.2 Å². The number of nitrogens with zero attached hydrogens (tertiary/aromatic N) is 1. The van der Waals surface area contributed by atoms with Crippen molar-refractivity contribution >= 4 is 45.6 Å². The van der Waals surface area contributed by atoms with Crippen molar-refractivity contribution in [1.29, 1.82) is 0 Å². The Bertz CT molecular complexity index is 667. The van der Waals surface area contributed by atoms with Gasteiger partial charge < -0.3 is 5.32 Å². The molecule has 0 aliphatic carbocycles. The summed E-state index contributed by atoms with van der Waals surface area (Å²) in [6.45, 7) is 0.321. The van der Waals surface area contributed by atoms with Crippen LogP contribution in [-0.4, -0.2) is 4.92 Å². The van der Waals surface area contributed by atoms with Crippen LogP contribution in [0.25, 0.3) is 0 Å². The van der Waals surface area contributed by atoms with Crippen LogP contribution in [0.2, 0.25) is 5.02 Å². The minimum absolute atomic E-state index is 0.00473. The molecule has 4 nitrogen and oxygen atoms in total. The maximum atomic E-state index is 13.0. The number of halogens is 3. The van der Waals surface area contributed by atoms with E-state index in [0.29, 0.717) is 12.2 Å². The molecule has 0 saturated carbocycles. The molecular weight excluding hydrogens is 398 g/mol. The van der Waals surface area contributed by atoms with Crippen molar-refractivity contribution in [2.75, 3.05) is 5.32 Å². The lowest BCUT2D eigenvalue weighted by Gasteiger charge is -2.08. The van der Waals surface area contributed by atoms with Gasteiger partial charge in [-0.15, -0.1) is 0 Å². The first-order valence-electron chi connectivity index (χ1n) is 5.59. The molecule has 0 radical (unpaired) electrons. The maximum Gasteiger partial charge on any atom is 0.293 e. The Morgan fingerprint density at radius 2 is 2.05 bits per heavy atom.